The van der Waals surface area contributed by atoms with Crippen molar-refractivity contribution in [1.29, 1.82) is 0 Å². The summed E-state index contributed by atoms with van der Waals surface area (Å²) < 4.78 is 13.2. The van der Waals surface area contributed by atoms with E-state index in [0.29, 0.717) is 13.0 Å². The fourth-order valence-corrected chi connectivity index (χ4v) is 3.14. The Hall–Kier alpha value is -1.82. The lowest BCUT2D eigenvalue weighted by Gasteiger charge is -2.34. The van der Waals surface area contributed by atoms with Crippen LogP contribution >= 0.6 is 11.6 Å². The minimum Gasteiger partial charge on any atom is -0.370 e. The van der Waals surface area contributed by atoms with Crippen molar-refractivity contribution in [1.82, 2.24) is 10.2 Å². The molecule has 1 aromatic rings. The van der Waals surface area contributed by atoms with E-state index in [-0.39, 0.29) is 16.8 Å². The highest BCUT2D eigenvalue weighted by molar-refractivity contribution is 6.30. The highest BCUT2D eigenvalue weighted by atomic mass is 35.5. The Morgan fingerprint density at radius 3 is 3.00 bits per heavy atom. The second-order valence-corrected chi connectivity index (χ2v) is 6.45. The van der Waals surface area contributed by atoms with Crippen LogP contribution in [0.2, 0.25) is 5.02 Å². The first kappa shape index (κ1) is 18.5. The molecule has 0 aromatic heterocycles. The number of amides is 1. The first-order valence-corrected chi connectivity index (χ1v) is 8.63. The summed E-state index contributed by atoms with van der Waals surface area (Å²) in [6.07, 6.45) is 2.42. The number of halogens is 2. The first-order chi connectivity index (χ1) is 11.5. The van der Waals surface area contributed by atoms with Crippen LogP contribution in [0, 0.1) is 11.7 Å². The third-order valence-electron chi connectivity index (χ3n) is 4.04. The number of primary amides is 1. The highest BCUT2D eigenvalue weighted by Crippen LogP contribution is 2.20. The van der Waals surface area contributed by atoms with Gasteiger partial charge >= 0.3 is 0 Å². The SMILES string of the molecule is CCNC(=NCc1ccc(F)c(Cl)c1)N1CCCC(CC(N)=O)C1. The number of rotatable bonds is 5. The first-order valence-electron chi connectivity index (χ1n) is 8.25. The number of nitrogens with one attached hydrogen (secondary N) is 1. The lowest BCUT2D eigenvalue weighted by Crippen LogP contribution is -2.47. The van der Waals surface area contributed by atoms with Crippen molar-refractivity contribution < 1.29 is 9.18 Å². The number of guanidine groups is 1. The van der Waals surface area contributed by atoms with Crippen LogP contribution in [0.5, 0.6) is 0 Å². The van der Waals surface area contributed by atoms with Crippen molar-refractivity contribution in [3.63, 3.8) is 0 Å². The molecule has 24 heavy (non-hydrogen) atoms. The van der Waals surface area contributed by atoms with Gasteiger partial charge in [-0.25, -0.2) is 9.38 Å². The van der Waals surface area contributed by atoms with E-state index < -0.39 is 5.82 Å². The summed E-state index contributed by atoms with van der Waals surface area (Å²) in [5.74, 6) is 0.374. The maximum Gasteiger partial charge on any atom is 0.217 e. The Kier molecular flexibility index (Phi) is 6.85. The summed E-state index contributed by atoms with van der Waals surface area (Å²) in [5.41, 5.74) is 6.17. The van der Waals surface area contributed by atoms with Gasteiger partial charge < -0.3 is 16.0 Å². The number of nitrogens with zero attached hydrogens (tertiary/aromatic N) is 2. The molecular formula is C17H24ClFN4O. The molecule has 5 nitrogen and oxygen atoms in total. The van der Waals surface area contributed by atoms with Crippen molar-refractivity contribution in [2.45, 2.75) is 32.7 Å². The summed E-state index contributed by atoms with van der Waals surface area (Å²) in [6.45, 7) is 4.83. The average Bonchev–Trinajstić information content (AvgIpc) is 2.54. The number of likely N-dealkylation sites (tertiary alicyclic amines) is 1. The molecule has 1 atom stereocenters. The predicted octanol–water partition coefficient (Wildman–Crippen LogP) is 2.53. The smallest absolute Gasteiger partial charge is 0.217 e. The second kappa shape index (κ2) is 8.87. The molecule has 0 spiro atoms. The van der Waals surface area contributed by atoms with Crippen molar-refractivity contribution in [2.75, 3.05) is 19.6 Å². The van der Waals surface area contributed by atoms with E-state index in [2.05, 4.69) is 15.2 Å². The van der Waals surface area contributed by atoms with Crippen molar-refractivity contribution in [3.8, 4) is 0 Å². The summed E-state index contributed by atoms with van der Waals surface area (Å²) in [7, 11) is 0. The number of carbonyl (C=O) groups is 1. The van der Waals surface area contributed by atoms with Crippen LogP contribution in [-0.2, 0) is 11.3 Å². The topological polar surface area (TPSA) is 70.7 Å². The van der Waals surface area contributed by atoms with E-state index >= 15 is 0 Å². The third-order valence-corrected chi connectivity index (χ3v) is 4.33. The molecule has 3 N–H and O–H groups in total. The standard InChI is InChI=1S/C17H24ClFN4O/c1-2-21-17(22-10-12-5-6-15(19)14(18)8-12)23-7-3-4-13(11-23)9-16(20)24/h5-6,8,13H,2-4,7,9-11H2,1H3,(H2,20,24)(H,21,22). The van der Waals surface area contributed by atoms with Gasteiger partial charge in [0.2, 0.25) is 5.91 Å². The molecule has 7 heteroatoms. The van der Waals surface area contributed by atoms with Crippen molar-refractivity contribution in [2.24, 2.45) is 16.6 Å². The van der Waals surface area contributed by atoms with E-state index in [1.807, 2.05) is 6.92 Å². The Labute approximate surface area is 147 Å². The Bertz CT molecular complexity index is 608. The molecule has 1 heterocycles. The summed E-state index contributed by atoms with van der Waals surface area (Å²) >= 11 is 5.81. The maximum absolute atomic E-state index is 13.2. The van der Waals surface area contributed by atoms with Crippen LogP contribution in [0.3, 0.4) is 0 Å². The second-order valence-electron chi connectivity index (χ2n) is 6.04. The van der Waals surface area contributed by atoms with Gasteiger partial charge in [-0.15, -0.1) is 0 Å². The number of hydrogen-bond donors (Lipinski definition) is 2. The maximum atomic E-state index is 13.2. The zero-order valence-electron chi connectivity index (χ0n) is 13.9. The Morgan fingerprint density at radius 2 is 2.33 bits per heavy atom. The summed E-state index contributed by atoms with van der Waals surface area (Å²) in [5, 5.41) is 3.38. The number of piperidine rings is 1. The van der Waals surface area contributed by atoms with Gasteiger partial charge in [-0.1, -0.05) is 17.7 Å². The number of hydrogen-bond acceptors (Lipinski definition) is 2. The summed E-state index contributed by atoms with van der Waals surface area (Å²) in [4.78, 5) is 17.9. The van der Waals surface area contributed by atoms with Crippen LogP contribution in [0.4, 0.5) is 4.39 Å². The molecule has 2 rings (SSSR count). The van der Waals surface area contributed by atoms with Gasteiger partial charge in [0.25, 0.3) is 0 Å². The van der Waals surface area contributed by atoms with Crippen LogP contribution in [0.25, 0.3) is 0 Å². The average molecular weight is 355 g/mol. The van der Waals surface area contributed by atoms with Gasteiger partial charge in [-0.3, -0.25) is 4.79 Å². The molecule has 1 fully saturated rings. The molecule has 1 aliphatic rings. The number of nitrogens with two attached hydrogens (primary N) is 1. The fourth-order valence-electron chi connectivity index (χ4n) is 2.94. The normalized spacial score (nSPS) is 18.5. The molecule has 1 amide bonds. The monoisotopic (exact) mass is 354 g/mol. The van der Waals surface area contributed by atoms with E-state index in [1.165, 1.54) is 6.07 Å². The summed E-state index contributed by atoms with van der Waals surface area (Å²) in [6, 6.07) is 4.63. The van der Waals surface area contributed by atoms with Gasteiger partial charge in [0, 0.05) is 26.1 Å². The Morgan fingerprint density at radius 1 is 1.54 bits per heavy atom. The van der Waals surface area contributed by atoms with Gasteiger partial charge in [0.15, 0.2) is 5.96 Å². The molecule has 0 radical (unpaired) electrons. The van der Waals surface area contributed by atoms with Gasteiger partial charge in [-0.05, 0) is 43.4 Å². The van der Waals surface area contributed by atoms with Gasteiger partial charge in [0.1, 0.15) is 5.82 Å². The molecule has 1 aromatic carbocycles. The lowest BCUT2D eigenvalue weighted by molar-refractivity contribution is -0.119. The van der Waals surface area contributed by atoms with Crippen molar-refractivity contribution in [3.05, 3.63) is 34.6 Å². The molecule has 132 valence electrons. The van der Waals surface area contributed by atoms with E-state index in [0.717, 1.165) is 44.0 Å². The molecule has 0 aliphatic carbocycles. The minimum absolute atomic E-state index is 0.104. The minimum atomic E-state index is -0.429. The van der Waals surface area contributed by atoms with Crippen molar-refractivity contribution >= 4 is 23.5 Å². The van der Waals surface area contributed by atoms with E-state index in [1.54, 1.807) is 12.1 Å². The molecule has 0 saturated carbocycles. The third kappa shape index (κ3) is 5.37. The lowest BCUT2D eigenvalue weighted by atomic mass is 9.95. The van der Waals surface area contributed by atoms with Crippen LogP contribution in [0.15, 0.2) is 23.2 Å². The quantitative estimate of drug-likeness (QED) is 0.630. The molecule has 1 saturated heterocycles. The zero-order valence-corrected chi connectivity index (χ0v) is 14.7. The zero-order chi connectivity index (χ0) is 17.5. The van der Waals surface area contributed by atoms with Crippen LogP contribution in [-0.4, -0.2) is 36.4 Å². The molecular weight excluding hydrogens is 331 g/mol. The number of carbonyl (C=O) groups excluding carboxylic acids is 1. The van der Waals surface area contributed by atoms with Crippen LogP contribution in [0.1, 0.15) is 31.7 Å². The Balaban J connectivity index is 2.06. The van der Waals surface area contributed by atoms with E-state index in [9.17, 15) is 9.18 Å². The molecule has 0 bridgehead atoms. The molecule has 1 aliphatic heterocycles. The highest BCUT2D eigenvalue weighted by Gasteiger charge is 2.23. The predicted molar refractivity (Wildman–Crippen MR) is 94.3 cm³/mol. The number of benzene rings is 1. The van der Waals surface area contributed by atoms with Crippen LogP contribution < -0.4 is 11.1 Å². The van der Waals surface area contributed by atoms with Gasteiger partial charge in [-0.2, -0.15) is 0 Å². The van der Waals surface area contributed by atoms with Gasteiger partial charge in [0.05, 0.1) is 11.6 Å². The number of aliphatic imine (C=N–C) groups is 1. The van der Waals surface area contributed by atoms with E-state index in [4.69, 9.17) is 17.3 Å². The largest absolute Gasteiger partial charge is 0.370 e. The fraction of sp³-hybridized carbons (Fsp3) is 0.529. The molecule has 1 unspecified atom stereocenters.